The molecule has 2 heterocycles. The molecule has 118 valence electrons. The molecule has 0 spiro atoms. The summed E-state index contributed by atoms with van der Waals surface area (Å²) in [4.78, 5) is 28.1. The largest absolute Gasteiger partial charge is 0.481 e. The van der Waals surface area contributed by atoms with Gasteiger partial charge < -0.3 is 14.9 Å². The van der Waals surface area contributed by atoms with Crippen LogP contribution in [0.1, 0.15) is 45.4 Å². The zero-order chi connectivity index (χ0) is 15.0. The molecule has 0 aromatic carbocycles. The van der Waals surface area contributed by atoms with Gasteiger partial charge in [0.2, 0.25) is 0 Å². The number of amides is 2. The van der Waals surface area contributed by atoms with Crippen LogP contribution in [0.25, 0.3) is 0 Å². The van der Waals surface area contributed by atoms with Crippen molar-refractivity contribution in [2.75, 3.05) is 26.2 Å². The average Bonchev–Trinajstić information content (AvgIpc) is 3.07. The average molecular weight is 294 g/mol. The van der Waals surface area contributed by atoms with E-state index in [0.717, 1.165) is 19.5 Å². The number of rotatable bonds is 2. The molecule has 3 atom stereocenters. The van der Waals surface area contributed by atoms with Crippen LogP contribution in [0.5, 0.6) is 0 Å². The standard InChI is InChI=1S/C16H26N2O3/c1-2-16(14(19)20)7-4-8-17(11-16)15(21)18-9-12-5-3-6-13(12)10-18/h12-13H,2-11H2,1H3,(H,19,20). The number of hydrogen-bond donors (Lipinski definition) is 1. The molecule has 0 bridgehead atoms. The fraction of sp³-hybridized carbons (Fsp3) is 0.875. The molecule has 0 radical (unpaired) electrons. The number of carboxylic acids is 1. The quantitative estimate of drug-likeness (QED) is 0.851. The molecule has 5 heteroatoms. The number of hydrogen-bond acceptors (Lipinski definition) is 2. The van der Waals surface area contributed by atoms with Gasteiger partial charge in [-0.25, -0.2) is 4.79 Å². The molecule has 2 saturated heterocycles. The summed E-state index contributed by atoms with van der Waals surface area (Å²) in [6.07, 6.45) is 5.89. The molecular formula is C16H26N2O3. The molecule has 1 N–H and O–H groups in total. The lowest BCUT2D eigenvalue weighted by atomic mass is 9.78. The maximum Gasteiger partial charge on any atom is 0.320 e. The number of fused-ring (bicyclic) bond motifs is 1. The van der Waals surface area contributed by atoms with Crippen molar-refractivity contribution in [3.63, 3.8) is 0 Å². The van der Waals surface area contributed by atoms with Crippen molar-refractivity contribution in [1.29, 1.82) is 0 Å². The summed E-state index contributed by atoms with van der Waals surface area (Å²) in [7, 11) is 0. The third-order valence-corrected chi connectivity index (χ3v) is 5.97. The highest BCUT2D eigenvalue weighted by atomic mass is 16.4. The van der Waals surface area contributed by atoms with E-state index in [4.69, 9.17) is 0 Å². The van der Waals surface area contributed by atoms with E-state index in [1.165, 1.54) is 19.3 Å². The van der Waals surface area contributed by atoms with Gasteiger partial charge in [0.25, 0.3) is 0 Å². The second-order valence-corrected chi connectivity index (χ2v) is 7.10. The lowest BCUT2D eigenvalue weighted by Crippen LogP contribution is -2.53. The van der Waals surface area contributed by atoms with Gasteiger partial charge in [0, 0.05) is 26.2 Å². The van der Waals surface area contributed by atoms with Gasteiger partial charge in [0.05, 0.1) is 5.41 Å². The van der Waals surface area contributed by atoms with Gasteiger partial charge in [-0.05, 0) is 43.9 Å². The summed E-state index contributed by atoms with van der Waals surface area (Å²) in [6, 6.07) is 0.0724. The van der Waals surface area contributed by atoms with E-state index in [2.05, 4.69) is 0 Å². The molecule has 21 heavy (non-hydrogen) atoms. The first kappa shape index (κ1) is 14.7. The zero-order valence-electron chi connectivity index (χ0n) is 12.9. The Hall–Kier alpha value is -1.26. The molecule has 3 aliphatic rings. The van der Waals surface area contributed by atoms with E-state index >= 15 is 0 Å². The van der Waals surface area contributed by atoms with Crippen molar-refractivity contribution in [1.82, 2.24) is 9.80 Å². The number of nitrogens with zero attached hydrogens (tertiary/aromatic N) is 2. The van der Waals surface area contributed by atoms with Gasteiger partial charge in [-0.15, -0.1) is 0 Å². The van der Waals surface area contributed by atoms with Crippen molar-refractivity contribution >= 4 is 12.0 Å². The van der Waals surface area contributed by atoms with Crippen molar-refractivity contribution in [3.05, 3.63) is 0 Å². The van der Waals surface area contributed by atoms with Gasteiger partial charge in [-0.1, -0.05) is 13.3 Å². The number of piperidine rings is 1. The smallest absolute Gasteiger partial charge is 0.320 e. The Bertz CT molecular complexity index is 427. The van der Waals surface area contributed by atoms with Crippen LogP contribution in [0.15, 0.2) is 0 Å². The molecule has 2 amide bonds. The predicted molar refractivity (Wildman–Crippen MR) is 79.0 cm³/mol. The first-order valence-electron chi connectivity index (χ1n) is 8.33. The highest BCUT2D eigenvalue weighted by molar-refractivity contribution is 5.79. The number of carboxylic acid groups (broad SMARTS) is 1. The molecule has 5 nitrogen and oxygen atoms in total. The van der Waals surface area contributed by atoms with Crippen LogP contribution in [-0.2, 0) is 4.79 Å². The summed E-state index contributed by atoms with van der Waals surface area (Å²) in [5, 5.41) is 9.53. The van der Waals surface area contributed by atoms with Gasteiger partial charge in [0.1, 0.15) is 0 Å². The molecule has 3 unspecified atom stereocenters. The Labute approximate surface area is 126 Å². The molecule has 3 fully saturated rings. The number of carbonyl (C=O) groups is 2. The van der Waals surface area contributed by atoms with E-state index < -0.39 is 11.4 Å². The summed E-state index contributed by atoms with van der Waals surface area (Å²) in [6.45, 7) is 4.77. The summed E-state index contributed by atoms with van der Waals surface area (Å²) in [5.74, 6) is 0.629. The Kier molecular flexibility index (Phi) is 3.84. The summed E-state index contributed by atoms with van der Waals surface area (Å²) < 4.78 is 0. The van der Waals surface area contributed by atoms with E-state index in [-0.39, 0.29) is 6.03 Å². The van der Waals surface area contributed by atoms with Crippen LogP contribution in [0.3, 0.4) is 0 Å². The minimum atomic E-state index is -0.749. The highest BCUT2D eigenvalue weighted by Crippen LogP contribution is 2.39. The SMILES string of the molecule is CCC1(C(=O)O)CCCN(C(=O)N2CC3CCCC3C2)C1. The monoisotopic (exact) mass is 294 g/mol. The third kappa shape index (κ3) is 2.51. The maximum atomic E-state index is 12.7. The molecule has 2 aliphatic heterocycles. The molecular weight excluding hydrogens is 268 g/mol. The van der Waals surface area contributed by atoms with E-state index in [9.17, 15) is 14.7 Å². The topological polar surface area (TPSA) is 60.9 Å². The summed E-state index contributed by atoms with van der Waals surface area (Å²) >= 11 is 0. The second-order valence-electron chi connectivity index (χ2n) is 7.10. The Balaban J connectivity index is 1.66. The zero-order valence-corrected chi connectivity index (χ0v) is 12.9. The molecule has 1 saturated carbocycles. The van der Waals surface area contributed by atoms with Crippen molar-refractivity contribution in [3.8, 4) is 0 Å². The number of likely N-dealkylation sites (tertiary alicyclic amines) is 2. The first-order chi connectivity index (χ1) is 10.1. The highest BCUT2D eigenvalue weighted by Gasteiger charge is 2.45. The minimum Gasteiger partial charge on any atom is -0.481 e. The normalized spacial score (nSPS) is 35.9. The van der Waals surface area contributed by atoms with Crippen LogP contribution in [0.4, 0.5) is 4.79 Å². The molecule has 0 aromatic rings. The Morgan fingerprint density at radius 1 is 1.14 bits per heavy atom. The van der Waals surface area contributed by atoms with E-state index in [0.29, 0.717) is 37.8 Å². The molecule has 0 aromatic heterocycles. The van der Waals surface area contributed by atoms with Gasteiger partial charge in [-0.3, -0.25) is 4.79 Å². The van der Waals surface area contributed by atoms with Crippen molar-refractivity contribution < 1.29 is 14.7 Å². The van der Waals surface area contributed by atoms with Gasteiger partial charge >= 0.3 is 12.0 Å². The van der Waals surface area contributed by atoms with Crippen LogP contribution < -0.4 is 0 Å². The Morgan fingerprint density at radius 3 is 2.38 bits per heavy atom. The molecule has 1 aliphatic carbocycles. The number of carbonyl (C=O) groups excluding carboxylic acids is 1. The first-order valence-corrected chi connectivity index (χ1v) is 8.33. The lowest BCUT2D eigenvalue weighted by molar-refractivity contribution is -0.152. The summed E-state index contributed by atoms with van der Waals surface area (Å²) in [5.41, 5.74) is -0.733. The minimum absolute atomic E-state index is 0.0724. The second kappa shape index (κ2) is 5.50. The fourth-order valence-electron chi connectivity index (χ4n) is 4.50. The van der Waals surface area contributed by atoms with Crippen LogP contribution >= 0.6 is 0 Å². The van der Waals surface area contributed by atoms with Crippen LogP contribution in [0, 0.1) is 17.3 Å². The van der Waals surface area contributed by atoms with Crippen LogP contribution in [-0.4, -0.2) is 53.1 Å². The maximum absolute atomic E-state index is 12.7. The predicted octanol–water partition coefficient (Wildman–Crippen LogP) is 2.42. The third-order valence-electron chi connectivity index (χ3n) is 5.97. The van der Waals surface area contributed by atoms with Crippen LogP contribution in [0.2, 0.25) is 0 Å². The van der Waals surface area contributed by atoms with Gasteiger partial charge in [0.15, 0.2) is 0 Å². The van der Waals surface area contributed by atoms with Crippen molar-refractivity contribution in [2.24, 2.45) is 17.3 Å². The number of aliphatic carboxylic acids is 1. The van der Waals surface area contributed by atoms with E-state index in [1.807, 2.05) is 11.8 Å². The van der Waals surface area contributed by atoms with E-state index in [1.54, 1.807) is 4.90 Å². The van der Waals surface area contributed by atoms with Gasteiger partial charge in [-0.2, -0.15) is 0 Å². The number of urea groups is 1. The Morgan fingerprint density at radius 2 is 1.81 bits per heavy atom. The fourth-order valence-corrected chi connectivity index (χ4v) is 4.50. The molecule has 3 rings (SSSR count). The lowest BCUT2D eigenvalue weighted by Gasteiger charge is -2.40. The van der Waals surface area contributed by atoms with Crippen molar-refractivity contribution in [2.45, 2.75) is 45.4 Å².